The van der Waals surface area contributed by atoms with Crippen molar-refractivity contribution in [2.75, 3.05) is 23.7 Å². The van der Waals surface area contributed by atoms with E-state index >= 15 is 0 Å². The molecule has 0 spiro atoms. The van der Waals surface area contributed by atoms with Gasteiger partial charge in [0, 0.05) is 31.4 Å². The molecule has 0 aliphatic rings. The van der Waals surface area contributed by atoms with E-state index in [1.165, 1.54) is 12.1 Å². The van der Waals surface area contributed by atoms with Gasteiger partial charge in [0.25, 0.3) is 11.6 Å². The summed E-state index contributed by atoms with van der Waals surface area (Å²) in [6, 6.07) is 12.7. The van der Waals surface area contributed by atoms with Crippen molar-refractivity contribution >= 4 is 40.6 Å². The summed E-state index contributed by atoms with van der Waals surface area (Å²) in [5.74, 6) is 1.33. The normalized spacial score (nSPS) is 10.2. The predicted molar refractivity (Wildman–Crippen MR) is 108 cm³/mol. The van der Waals surface area contributed by atoms with E-state index in [-0.39, 0.29) is 16.3 Å². The molecular weight excluding hydrogens is 398 g/mol. The Bertz CT molecular complexity index is 1000. The molecule has 2 aromatic heterocycles. The molecule has 0 unspecified atom stereocenters. The van der Waals surface area contributed by atoms with Crippen LogP contribution in [0.5, 0.6) is 0 Å². The molecule has 148 valence electrons. The Balaban J connectivity index is 1.45. The fourth-order valence-electron chi connectivity index (χ4n) is 2.32. The fraction of sp³-hybridized carbons (Fsp3) is 0.111. The van der Waals surface area contributed by atoms with Gasteiger partial charge in [-0.15, -0.1) is 10.2 Å². The summed E-state index contributed by atoms with van der Waals surface area (Å²) in [5, 5.41) is 27.5. The van der Waals surface area contributed by atoms with Crippen molar-refractivity contribution in [2.45, 2.75) is 0 Å². The Morgan fingerprint density at radius 3 is 2.48 bits per heavy atom. The number of nitro groups is 1. The van der Waals surface area contributed by atoms with Gasteiger partial charge in [-0.3, -0.25) is 14.9 Å². The van der Waals surface area contributed by atoms with Gasteiger partial charge < -0.3 is 16.0 Å². The number of hydrogen-bond donors (Lipinski definition) is 3. The maximum absolute atomic E-state index is 12.1. The molecule has 0 aliphatic heterocycles. The highest BCUT2D eigenvalue weighted by molar-refractivity contribution is 6.34. The van der Waals surface area contributed by atoms with E-state index in [1.54, 1.807) is 18.3 Å². The molecule has 3 N–H and O–H groups in total. The lowest BCUT2D eigenvalue weighted by Gasteiger charge is -2.09. The lowest BCUT2D eigenvalue weighted by Crippen LogP contribution is -2.29. The summed E-state index contributed by atoms with van der Waals surface area (Å²) in [4.78, 5) is 26.4. The van der Waals surface area contributed by atoms with Crippen LogP contribution in [0.3, 0.4) is 0 Å². The molecule has 1 amide bonds. The van der Waals surface area contributed by atoms with Gasteiger partial charge in [0.1, 0.15) is 11.6 Å². The number of halogens is 1. The Hall–Kier alpha value is -3.79. The number of anilines is 3. The van der Waals surface area contributed by atoms with Crippen LogP contribution in [0, 0.1) is 10.1 Å². The molecule has 0 saturated carbocycles. The Kier molecular flexibility index (Phi) is 6.48. The number of amides is 1. The van der Waals surface area contributed by atoms with Crippen LogP contribution in [-0.4, -0.2) is 39.1 Å². The van der Waals surface area contributed by atoms with E-state index in [9.17, 15) is 14.9 Å². The molecule has 11 heteroatoms. The van der Waals surface area contributed by atoms with E-state index in [2.05, 4.69) is 31.1 Å². The number of hydrogen-bond acceptors (Lipinski definition) is 8. The van der Waals surface area contributed by atoms with Gasteiger partial charge in [-0.1, -0.05) is 17.7 Å². The molecule has 10 nitrogen and oxygen atoms in total. The van der Waals surface area contributed by atoms with Crippen LogP contribution < -0.4 is 16.0 Å². The van der Waals surface area contributed by atoms with Crippen molar-refractivity contribution < 1.29 is 9.72 Å². The lowest BCUT2D eigenvalue weighted by atomic mass is 10.2. The average molecular weight is 414 g/mol. The first kappa shape index (κ1) is 20.0. The van der Waals surface area contributed by atoms with E-state index < -0.39 is 10.8 Å². The molecule has 0 aliphatic carbocycles. The number of benzene rings is 1. The van der Waals surface area contributed by atoms with Crippen LogP contribution >= 0.6 is 11.6 Å². The zero-order chi connectivity index (χ0) is 20.6. The number of non-ortho nitro benzene ring substituents is 1. The van der Waals surface area contributed by atoms with Gasteiger partial charge in [-0.25, -0.2) is 4.98 Å². The minimum absolute atomic E-state index is 0.0199. The van der Waals surface area contributed by atoms with Crippen LogP contribution in [0.4, 0.5) is 23.1 Å². The molecule has 3 rings (SSSR count). The van der Waals surface area contributed by atoms with Crippen LogP contribution in [-0.2, 0) is 0 Å². The van der Waals surface area contributed by atoms with Crippen LogP contribution in [0.1, 0.15) is 10.4 Å². The Morgan fingerprint density at radius 1 is 1.03 bits per heavy atom. The molecule has 0 fully saturated rings. The van der Waals surface area contributed by atoms with Gasteiger partial charge in [0.05, 0.1) is 15.5 Å². The zero-order valence-corrected chi connectivity index (χ0v) is 15.8. The highest BCUT2D eigenvalue weighted by Gasteiger charge is 2.14. The second kappa shape index (κ2) is 9.42. The van der Waals surface area contributed by atoms with Gasteiger partial charge >= 0.3 is 0 Å². The van der Waals surface area contributed by atoms with Crippen molar-refractivity contribution in [1.29, 1.82) is 0 Å². The summed E-state index contributed by atoms with van der Waals surface area (Å²) in [7, 11) is 0. The zero-order valence-electron chi connectivity index (χ0n) is 15.0. The van der Waals surface area contributed by atoms with Crippen molar-refractivity contribution in [1.82, 2.24) is 20.5 Å². The molecule has 0 atom stereocenters. The summed E-state index contributed by atoms with van der Waals surface area (Å²) < 4.78 is 0. The van der Waals surface area contributed by atoms with Crippen molar-refractivity contribution in [3.63, 3.8) is 0 Å². The minimum Gasteiger partial charge on any atom is -0.367 e. The van der Waals surface area contributed by atoms with Crippen molar-refractivity contribution in [2.24, 2.45) is 0 Å². The number of nitrogens with zero attached hydrogens (tertiary/aromatic N) is 4. The molecule has 1 aromatic carbocycles. The average Bonchev–Trinajstić information content (AvgIpc) is 2.73. The Morgan fingerprint density at radius 2 is 1.83 bits per heavy atom. The predicted octanol–water partition coefficient (Wildman–Crippen LogP) is 3.02. The molecule has 0 saturated heterocycles. The minimum atomic E-state index is -0.574. The molecule has 2 heterocycles. The standard InChI is InChI=1S/C18H16ClN7O3/c19-14-11-12(26(28)29)4-5-13(14)18(27)22-10-9-21-16-6-7-17(25-24-16)23-15-3-1-2-8-20-15/h1-8,11H,9-10H2,(H,21,24)(H,22,27)(H,20,23,25). The molecule has 0 radical (unpaired) electrons. The monoisotopic (exact) mass is 413 g/mol. The molecule has 0 bridgehead atoms. The van der Waals surface area contributed by atoms with E-state index in [4.69, 9.17) is 11.6 Å². The van der Waals surface area contributed by atoms with E-state index in [0.717, 1.165) is 6.07 Å². The van der Waals surface area contributed by atoms with Gasteiger partial charge in [-0.05, 0) is 30.3 Å². The first-order valence-corrected chi connectivity index (χ1v) is 8.88. The van der Waals surface area contributed by atoms with Crippen LogP contribution in [0.2, 0.25) is 5.02 Å². The number of rotatable bonds is 8. The van der Waals surface area contributed by atoms with Crippen LogP contribution in [0.15, 0.2) is 54.7 Å². The second-order valence-electron chi connectivity index (χ2n) is 5.75. The highest BCUT2D eigenvalue weighted by atomic mass is 35.5. The fourth-order valence-corrected chi connectivity index (χ4v) is 2.59. The quantitative estimate of drug-likeness (QED) is 0.291. The van der Waals surface area contributed by atoms with Gasteiger partial charge in [0.15, 0.2) is 5.82 Å². The molecule has 29 heavy (non-hydrogen) atoms. The summed E-state index contributed by atoms with van der Waals surface area (Å²) in [6.07, 6.45) is 1.67. The van der Waals surface area contributed by atoms with Gasteiger partial charge in [0.2, 0.25) is 0 Å². The largest absolute Gasteiger partial charge is 0.367 e. The highest BCUT2D eigenvalue weighted by Crippen LogP contribution is 2.22. The maximum Gasteiger partial charge on any atom is 0.270 e. The summed E-state index contributed by atoms with van der Waals surface area (Å²) >= 11 is 5.94. The third kappa shape index (κ3) is 5.59. The number of aromatic nitrogens is 3. The first-order valence-electron chi connectivity index (χ1n) is 8.51. The summed E-state index contributed by atoms with van der Waals surface area (Å²) in [5.41, 5.74) is -0.00483. The number of carbonyl (C=O) groups excluding carboxylic acids is 1. The van der Waals surface area contributed by atoms with Crippen LogP contribution in [0.25, 0.3) is 0 Å². The summed E-state index contributed by atoms with van der Waals surface area (Å²) in [6.45, 7) is 0.694. The smallest absolute Gasteiger partial charge is 0.270 e. The van der Waals surface area contributed by atoms with E-state index in [0.29, 0.717) is 30.5 Å². The SMILES string of the molecule is O=C(NCCNc1ccc(Nc2ccccn2)nn1)c1ccc([N+](=O)[O-])cc1Cl. The third-order valence-electron chi connectivity index (χ3n) is 3.71. The third-order valence-corrected chi connectivity index (χ3v) is 4.02. The maximum atomic E-state index is 12.1. The lowest BCUT2D eigenvalue weighted by molar-refractivity contribution is -0.384. The number of pyridine rings is 1. The second-order valence-corrected chi connectivity index (χ2v) is 6.15. The number of nitrogens with one attached hydrogen (secondary N) is 3. The van der Waals surface area contributed by atoms with E-state index in [1.807, 2.05) is 18.2 Å². The Labute approximate surface area is 170 Å². The number of carbonyl (C=O) groups is 1. The molecule has 3 aromatic rings. The first-order chi connectivity index (χ1) is 14.0. The number of nitro benzene ring substituents is 1. The topological polar surface area (TPSA) is 135 Å². The van der Waals surface area contributed by atoms with Crippen molar-refractivity contribution in [3.8, 4) is 0 Å². The van der Waals surface area contributed by atoms with Gasteiger partial charge in [-0.2, -0.15) is 0 Å². The van der Waals surface area contributed by atoms with Crippen molar-refractivity contribution in [3.05, 3.63) is 75.4 Å². The molecular formula is C18H16ClN7O3.